The molecule has 0 aromatic heterocycles. The van der Waals surface area contributed by atoms with Gasteiger partial charge in [-0.1, -0.05) is 0 Å². The Bertz CT molecular complexity index is 663. The average Bonchev–Trinajstić information content (AvgIpc) is 2.51. The summed E-state index contributed by atoms with van der Waals surface area (Å²) >= 11 is 0. The molecule has 1 aliphatic heterocycles. The lowest BCUT2D eigenvalue weighted by atomic mass is 10.3. The lowest BCUT2D eigenvalue weighted by Gasteiger charge is -2.26. The standard InChI is InChI=1S/C13H17F2N3O4S/c14-10-1-2-12(11(15)9-10)17-13(19)16-3-8-23(20,21)18-4-6-22-7-5-18/h1-2,9H,3-8H2,(H2,16,17,19). The lowest BCUT2D eigenvalue weighted by Crippen LogP contribution is -2.44. The van der Waals surface area contributed by atoms with E-state index in [1.54, 1.807) is 0 Å². The van der Waals surface area contributed by atoms with Crippen molar-refractivity contribution in [3.8, 4) is 0 Å². The summed E-state index contributed by atoms with van der Waals surface area (Å²) in [7, 11) is -3.48. The van der Waals surface area contributed by atoms with Crippen molar-refractivity contribution in [2.75, 3.05) is 43.9 Å². The van der Waals surface area contributed by atoms with Crippen LogP contribution < -0.4 is 10.6 Å². The third-order valence-corrected chi connectivity index (χ3v) is 5.06. The molecule has 1 heterocycles. The van der Waals surface area contributed by atoms with E-state index in [1.807, 2.05) is 0 Å². The van der Waals surface area contributed by atoms with Crippen molar-refractivity contribution in [3.05, 3.63) is 29.8 Å². The van der Waals surface area contributed by atoms with E-state index in [4.69, 9.17) is 4.74 Å². The summed E-state index contributed by atoms with van der Waals surface area (Å²) in [6.07, 6.45) is 0. The fourth-order valence-electron chi connectivity index (χ4n) is 2.00. The van der Waals surface area contributed by atoms with E-state index in [0.29, 0.717) is 19.3 Å². The van der Waals surface area contributed by atoms with Gasteiger partial charge in [-0.3, -0.25) is 0 Å². The highest BCUT2D eigenvalue weighted by atomic mass is 32.2. The number of halogens is 2. The van der Waals surface area contributed by atoms with Gasteiger partial charge in [0.1, 0.15) is 11.6 Å². The molecule has 0 spiro atoms. The Hall–Kier alpha value is -1.78. The van der Waals surface area contributed by atoms with Crippen molar-refractivity contribution < 1.29 is 26.7 Å². The fraction of sp³-hybridized carbons (Fsp3) is 0.462. The molecule has 1 aromatic rings. The quantitative estimate of drug-likeness (QED) is 0.821. The van der Waals surface area contributed by atoms with Gasteiger partial charge >= 0.3 is 6.03 Å². The van der Waals surface area contributed by atoms with Crippen LogP contribution in [0.1, 0.15) is 0 Å². The molecule has 0 radical (unpaired) electrons. The van der Waals surface area contributed by atoms with Gasteiger partial charge in [0.25, 0.3) is 0 Å². The van der Waals surface area contributed by atoms with Gasteiger partial charge in [-0.15, -0.1) is 0 Å². The van der Waals surface area contributed by atoms with Crippen LogP contribution in [-0.2, 0) is 14.8 Å². The molecular weight excluding hydrogens is 332 g/mol. The van der Waals surface area contributed by atoms with Crippen molar-refractivity contribution in [3.63, 3.8) is 0 Å². The number of hydrogen-bond donors (Lipinski definition) is 2. The van der Waals surface area contributed by atoms with Crippen LogP contribution in [0.4, 0.5) is 19.3 Å². The summed E-state index contributed by atoms with van der Waals surface area (Å²) in [6.45, 7) is 1.13. The first-order valence-electron chi connectivity index (χ1n) is 6.94. The molecular formula is C13H17F2N3O4S. The first-order chi connectivity index (χ1) is 10.9. The number of urea groups is 1. The minimum absolute atomic E-state index is 0.131. The average molecular weight is 349 g/mol. The number of anilines is 1. The Labute approximate surface area is 132 Å². The van der Waals surface area contributed by atoms with Gasteiger partial charge in [0, 0.05) is 25.7 Å². The summed E-state index contributed by atoms with van der Waals surface area (Å²) in [5.74, 6) is -1.95. The summed E-state index contributed by atoms with van der Waals surface area (Å²) < 4.78 is 56.5. The number of nitrogens with one attached hydrogen (secondary N) is 2. The second-order valence-corrected chi connectivity index (χ2v) is 6.92. The van der Waals surface area contributed by atoms with Crippen LogP contribution in [0.3, 0.4) is 0 Å². The molecule has 1 fully saturated rings. The number of carbonyl (C=O) groups excluding carboxylic acids is 1. The number of amides is 2. The van der Waals surface area contributed by atoms with Crippen LogP contribution in [-0.4, -0.2) is 57.4 Å². The molecule has 128 valence electrons. The molecule has 10 heteroatoms. The summed E-state index contributed by atoms with van der Waals surface area (Å²) in [5, 5.41) is 4.50. The number of benzene rings is 1. The molecule has 7 nitrogen and oxygen atoms in total. The lowest BCUT2D eigenvalue weighted by molar-refractivity contribution is 0.0730. The highest BCUT2D eigenvalue weighted by molar-refractivity contribution is 7.89. The molecule has 0 saturated carbocycles. The number of ether oxygens (including phenoxy) is 1. The highest BCUT2D eigenvalue weighted by Gasteiger charge is 2.23. The van der Waals surface area contributed by atoms with Gasteiger partial charge in [0.15, 0.2) is 0 Å². The summed E-state index contributed by atoms with van der Waals surface area (Å²) in [6, 6.07) is 1.95. The maximum absolute atomic E-state index is 13.4. The maximum Gasteiger partial charge on any atom is 0.319 e. The topological polar surface area (TPSA) is 87.7 Å². The molecule has 1 aromatic carbocycles. The van der Waals surface area contributed by atoms with Crippen LogP contribution in [0.2, 0.25) is 0 Å². The van der Waals surface area contributed by atoms with Crippen molar-refractivity contribution in [1.29, 1.82) is 0 Å². The molecule has 0 bridgehead atoms. The Morgan fingerprint density at radius 1 is 1.26 bits per heavy atom. The van der Waals surface area contributed by atoms with Crippen LogP contribution in [0.15, 0.2) is 18.2 Å². The fourth-order valence-corrected chi connectivity index (χ4v) is 3.33. The summed E-state index contributed by atoms with van der Waals surface area (Å²) in [5.41, 5.74) is -0.195. The van der Waals surface area contributed by atoms with Gasteiger partial charge in [0.05, 0.1) is 24.7 Å². The largest absolute Gasteiger partial charge is 0.379 e. The van der Waals surface area contributed by atoms with Gasteiger partial charge in [0.2, 0.25) is 10.0 Å². The van der Waals surface area contributed by atoms with Gasteiger partial charge in [-0.25, -0.2) is 22.0 Å². The van der Waals surface area contributed by atoms with Crippen LogP contribution >= 0.6 is 0 Å². The van der Waals surface area contributed by atoms with E-state index < -0.39 is 27.7 Å². The van der Waals surface area contributed by atoms with Crippen LogP contribution in [0, 0.1) is 11.6 Å². The molecule has 1 saturated heterocycles. The van der Waals surface area contributed by atoms with E-state index in [1.165, 1.54) is 4.31 Å². The third-order valence-electron chi connectivity index (χ3n) is 3.19. The van der Waals surface area contributed by atoms with E-state index in [-0.39, 0.29) is 31.1 Å². The number of carbonyl (C=O) groups is 1. The Kier molecular flexibility index (Phi) is 5.85. The van der Waals surface area contributed by atoms with Crippen molar-refractivity contribution in [2.45, 2.75) is 0 Å². The normalized spacial score (nSPS) is 16.1. The maximum atomic E-state index is 13.4. The third kappa shape index (κ3) is 5.12. The molecule has 23 heavy (non-hydrogen) atoms. The zero-order chi connectivity index (χ0) is 16.9. The Morgan fingerprint density at radius 2 is 1.96 bits per heavy atom. The molecule has 2 amide bonds. The van der Waals surface area contributed by atoms with E-state index in [0.717, 1.165) is 12.1 Å². The first-order valence-corrected chi connectivity index (χ1v) is 8.55. The second-order valence-electron chi connectivity index (χ2n) is 4.83. The minimum atomic E-state index is -3.48. The SMILES string of the molecule is O=C(NCCS(=O)(=O)N1CCOCC1)Nc1ccc(F)cc1F. The van der Waals surface area contributed by atoms with Gasteiger partial charge in [-0.2, -0.15) is 4.31 Å². The Morgan fingerprint density at radius 3 is 2.61 bits per heavy atom. The number of nitrogens with zero attached hydrogens (tertiary/aromatic N) is 1. The predicted octanol–water partition coefficient (Wildman–Crippen LogP) is 0.748. The zero-order valence-corrected chi connectivity index (χ0v) is 13.0. The van der Waals surface area contributed by atoms with E-state index in [9.17, 15) is 22.0 Å². The molecule has 1 aliphatic rings. The molecule has 2 rings (SSSR count). The zero-order valence-electron chi connectivity index (χ0n) is 12.2. The van der Waals surface area contributed by atoms with Crippen LogP contribution in [0.5, 0.6) is 0 Å². The van der Waals surface area contributed by atoms with Gasteiger partial charge < -0.3 is 15.4 Å². The molecule has 0 atom stereocenters. The monoisotopic (exact) mass is 349 g/mol. The van der Waals surface area contributed by atoms with Gasteiger partial charge in [-0.05, 0) is 12.1 Å². The number of hydrogen-bond acceptors (Lipinski definition) is 4. The van der Waals surface area contributed by atoms with Crippen molar-refractivity contribution in [1.82, 2.24) is 9.62 Å². The summed E-state index contributed by atoms with van der Waals surface area (Å²) in [4.78, 5) is 11.6. The number of sulfonamides is 1. The predicted molar refractivity (Wildman–Crippen MR) is 79.6 cm³/mol. The van der Waals surface area contributed by atoms with Crippen molar-refractivity contribution >= 4 is 21.7 Å². The minimum Gasteiger partial charge on any atom is -0.379 e. The molecule has 2 N–H and O–H groups in total. The molecule has 0 unspecified atom stereocenters. The van der Waals surface area contributed by atoms with E-state index >= 15 is 0 Å². The first kappa shape index (κ1) is 17.6. The van der Waals surface area contributed by atoms with E-state index in [2.05, 4.69) is 10.6 Å². The number of morpholine rings is 1. The smallest absolute Gasteiger partial charge is 0.319 e. The highest BCUT2D eigenvalue weighted by Crippen LogP contribution is 2.14. The molecule has 0 aliphatic carbocycles. The van der Waals surface area contributed by atoms with Crippen molar-refractivity contribution in [2.24, 2.45) is 0 Å². The number of rotatable bonds is 5. The second kappa shape index (κ2) is 7.66. The Balaban J connectivity index is 1.80. The van der Waals surface area contributed by atoms with Crippen LogP contribution in [0.25, 0.3) is 0 Å².